The summed E-state index contributed by atoms with van der Waals surface area (Å²) >= 11 is 4.92. The number of nitrogens with zero attached hydrogens (tertiary/aromatic N) is 1. The van der Waals surface area contributed by atoms with E-state index in [1.165, 1.54) is 77.7 Å². The van der Waals surface area contributed by atoms with Crippen molar-refractivity contribution in [3.8, 4) is 0 Å². The molecule has 0 saturated carbocycles. The maximum absolute atomic E-state index is 12.2. The summed E-state index contributed by atoms with van der Waals surface area (Å²) in [5, 5.41) is 0. The Morgan fingerprint density at radius 2 is 1.35 bits per heavy atom. The fourth-order valence-corrected chi connectivity index (χ4v) is 4.50. The van der Waals surface area contributed by atoms with Gasteiger partial charge in [-0.15, -0.1) is 0 Å². The molecule has 0 rings (SSSR count). The number of unbranched alkanes of at least 4 members (excludes halogenated alkanes) is 12. The monoisotopic (exact) mass is 525 g/mol. The highest BCUT2D eigenvalue weighted by molar-refractivity contribution is 8.06. The van der Waals surface area contributed by atoms with Crippen LogP contribution in [0.4, 0.5) is 0 Å². The second-order valence-electron chi connectivity index (χ2n) is 10.1. The number of carbonyl (C=O) groups excluding carboxylic acids is 1. The van der Waals surface area contributed by atoms with Crippen molar-refractivity contribution in [3.05, 3.63) is 0 Å². The van der Waals surface area contributed by atoms with Gasteiger partial charge in [0.1, 0.15) is 32.6 Å². The Morgan fingerprint density at radius 1 is 0.853 bits per heavy atom. The van der Waals surface area contributed by atoms with Gasteiger partial charge >= 0.3 is 5.97 Å². The van der Waals surface area contributed by atoms with Crippen molar-refractivity contribution in [1.29, 1.82) is 0 Å². The van der Waals surface area contributed by atoms with Crippen LogP contribution in [0.15, 0.2) is 0 Å². The first-order valence-electron chi connectivity index (χ1n) is 13.2. The van der Waals surface area contributed by atoms with Gasteiger partial charge in [-0.05, 0) is 6.42 Å². The molecule has 34 heavy (non-hydrogen) atoms. The lowest BCUT2D eigenvalue weighted by atomic mass is 10.0. The first-order chi connectivity index (χ1) is 16.1. The Labute approximate surface area is 214 Å². The van der Waals surface area contributed by atoms with Crippen LogP contribution in [-0.4, -0.2) is 71.2 Å². The molecular formula is C25H52NO6PS. The van der Waals surface area contributed by atoms with E-state index in [1.54, 1.807) is 0 Å². The van der Waals surface area contributed by atoms with Crippen LogP contribution >= 0.6 is 6.72 Å². The maximum Gasteiger partial charge on any atom is 0.305 e. The summed E-state index contributed by atoms with van der Waals surface area (Å²) in [5.74, 6) is -0.245. The van der Waals surface area contributed by atoms with Crippen molar-refractivity contribution < 1.29 is 32.7 Å². The highest BCUT2D eigenvalue weighted by atomic mass is 32.5. The number of methoxy groups -OCH3 is 1. The van der Waals surface area contributed by atoms with Crippen LogP contribution in [0.2, 0.25) is 0 Å². The highest BCUT2D eigenvalue weighted by Crippen LogP contribution is 2.38. The zero-order valence-electron chi connectivity index (χ0n) is 22.6. The average molecular weight is 526 g/mol. The third-order valence-electron chi connectivity index (χ3n) is 5.68. The lowest BCUT2D eigenvalue weighted by molar-refractivity contribution is -0.870. The molecule has 0 heterocycles. The van der Waals surface area contributed by atoms with Gasteiger partial charge in [0.05, 0.1) is 27.7 Å². The molecule has 0 radical (unpaired) electrons. The van der Waals surface area contributed by atoms with Gasteiger partial charge < -0.3 is 27.9 Å². The van der Waals surface area contributed by atoms with E-state index in [-0.39, 0.29) is 25.8 Å². The van der Waals surface area contributed by atoms with Crippen LogP contribution in [0.3, 0.4) is 0 Å². The number of ether oxygens (including phenoxy) is 2. The van der Waals surface area contributed by atoms with Crippen molar-refractivity contribution >= 4 is 24.5 Å². The summed E-state index contributed by atoms with van der Waals surface area (Å²) in [5.41, 5.74) is 0. The van der Waals surface area contributed by atoms with E-state index in [2.05, 4.69) is 6.92 Å². The van der Waals surface area contributed by atoms with Gasteiger partial charge in [0.15, 0.2) is 0 Å². The van der Waals surface area contributed by atoms with E-state index in [9.17, 15) is 9.69 Å². The molecule has 0 saturated heterocycles. The maximum atomic E-state index is 12.2. The molecule has 0 spiro atoms. The zero-order valence-corrected chi connectivity index (χ0v) is 24.3. The second-order valence-corrected chi connectivity index (χ2v) is 12.9. The number of likely N-dealkylation sites (N-methyl/N-ethyl adjacent to an activating group) is 1. The molecule has 0 fully saturated rings. The van der Waals surface area contributed by atoms with Crippen LogP contribution in [0.5, 0.6) is 0 Å². The predicted molar refractivity (Wildman–Crippen MR) is 141 cm³/mol. The Hall–Kier alpha value is -0.0800. The van der Waals surface area contributed by atoms with E-state index in [0.29, 0.717) is 17.4 Å². The minimum Gasteiger partial charge on any atom is -0.780 e. The smallest absolute Gasteiger partial charge is 0.305 e. The molecule has 0 amide bonds. The summed E-state index contributed by atoms with van der Waals surface area (Å²) < 4.78 is 21.7. The van der Waals surface area contributed by atoms with Gasteiger partial charge in [0.2, 0.25) is 0 Å². The number of hydrogen-bond donors (Lipinski definition) is 0. The third kappa shape index (κ3) is 23.7. The summed E-state index contributed by atoms with van der Waals surface area (Å²) in [6.45, 7) is -0.425. The first kappa shape index (κ1) is 33.9. The number of rotatable bonds is 24. The van der Waals surface area contributed by atoms with Gasteiger partial charge in [-0.3, -0.25) is 4.79 Å². The van der Waals surface area contributed by atoms with E-state index >= 15 is 0 Å². The third-order valence-corrected chi connectivity index (χ3v) is 7.27. The fraction of sp³-hybridized carbons (Fsp3) is 0.960. The lowest BCUT2D eigenvalue weighted by Gasteiger charge is -2.31. The van der Waals surface area contributed by atoms with Crippen LogP contribution in [0.25, 0.3) is 0 Å². The summed E-state index contributed by atoms with van der Waals surface area (Å²) in [4.78, 5) is 24.2. The van der Waals surface area contributed by atoms with Crippen molar-refractivity contribution in [2.24, 2.45) is 0 Å². The van der Waals surface area contributed by atoms with Gasteiger partial charge in [-0.1, -0.05) is 95.8 Å². The molecule has 2 atom stereocenters. The minimum atomic E-state index is -3.58. The number of carbonyl (C=O) groups is 1. The Balaban J connectivity index is 3.71. The summed E-state index contributed by atoms with van der Waals surface area (Å²) in [6, 6.07) is 0. The molecule has 0 aliphatic carbocycles. The molecule has 0 N–H and O–H groups in total. The van der Waals surface area contributed by atoms with Crippen LogP contribution in [-0.2, 0) is 35.1 Å². The molecule has 0 aliphatic heterocycles. The number of quaternary nitrogens is 1. The molecule has 0 aliphatic rings. The molecule has 204 valence electrons. The van der Waals surface area contributed by atoms with Crippen LogP contribution in [0, 0.1) is 0 Å². The quantitative estimate of drug-likeness (QED) is 0.0728. The van der Waals surface area contributed by atoms with Gasteiger partial charge in [0, 0.05) is 13.5 Å². The molecule has 0 aromatic rings. The average Bonchev–Trinajstić information content (AvgIpc) is 2.76. The first-order valence-corrected chi connectivity index (χ1v) is 15.7. The minimum absolute atomic E-state index is 0.0436. The van der Waals surface area contributed by atoms with E-state index in [4.69, 9.17) is 30.3 Å². The molecular weight excluding hydrogens is 473 g/mol. The van der Waals surface area contributed by atoms with Crippen molar-refractivity contribution in [2.75, 3.05) is 54.6 Å². The van der Waals surface area contributed by atoms with E-state index < -0.39 is 12.8 Å². The molecule has 0 aromatic heterocycles. The normalized spacial score (nSPS) is 14.6. The second kappa shape index (κ2) is 21.0. The van der Waals surface area contributed by atoms with Crippen molar-refractivity contribution in [3.63, 3.8) is 0 Å². The molecule has 0 bridgehead atoms. The standard InChI is InChI=1S/C25H52NO6PS/c1-6-7-8-9-10-11-12-13-14-15-16-17-18-19-25(27)30-22-24(29-5)23-32-33(28,34)31-21-20-26(2,3)4/h24H,6-23H2,1-5H3. The number of hydrogen-bond acceptors (Lipinski definition) is 7. The van der Waals surface area contributed by atoms with Crippen molar-refractivity contribution in [2.45, 2.75) is 103 Å². The largest absolute Gasteiger partial charge is 0.780 e. The lowest BCUT2D eigenvalue weighted by Crippen LogP contribution is -2.37. The Morgan fingerprint density at radius 3 is 1.82 bits per heavy atom. The fourth-order valence-electron chi connectivity index (χ4n) is 3.37. The Kier molecular flexibility index (Phi) is 21.0. The molecule has 9 heteroatoms. The Bertz CT molecular complexity index is 544. The van der Waals surface area contributed by atoms with E-state index in [0.717, 1.165) is 12.8 Å². The topological polar surface area (TPSA) is 77.1 Å². The predicted octanol–water partition coefficient (Wildman–Crippen LogP) is 5.35. The van der Waals surface area contributed by atoms with Gasteiger partial charge in [-0.25, -0.2) is 0 Å². The summed E-state index contributed by atoms with van der Waals surface area (Å²) in [6.07, 6.45) is 16.4. The zero-order chi connectivity index (χ0) is 25.7. The van der Waals surface area contributed by atoms with Crippen LogP contribution < -0.4 is 4.89 Å². The van der Waals surface area contributed by atoms with Gasteiger partial charge in [0.25, 0.3) is 0 Å². The molecule has 2 unspecified atom stereocenters. The molecule has 0 aromatic carbocycles. The van der Waals surface area contributed by atoms with Crippen molar-refractivity contribution in [1.82, 2.24) is 0 Å². The SMILES string of the molecule is CCCCCCCCCCCCCCCC(=O)OCC(COP([O-])(=S)OCC[N+](C)(C)C)OC. The van der Waals surface area contributed by atoms with Crippen LogP contribution in [0.1, 0.15) is 96.8 Å². The van der Waals surface area contributed by atoms with Gasteiger partial charge in [-0.2, -0.15) is 0 Å². The highest BCUT2D eigenvalue weighted by Gasteiger charge is 2.15. The van der Waals surface area contributed by atoms with E-state index in [1.807, 2.05) is 21.1 Å². The molecule has 7 nitrogen and oxygen atoms in total. The summed E-state index contributed by atoms with van der Waals surface area (Å²) in [7, 11) is 7.50. The number of esters is 1.